The van der Waals surface area contributed by atoms with Gasteiger partial charge in [-0.25, -0.2) is 0 Å². The van der Waals surface area contributed by atoms with E-state index in [4.69, 9.17) is 4.74 Å². The van der Waals surface area contributed by atoms with Crippen molar-refractivity contribution in [1.29, 1.82) is 0 Å². The number of morpholine rings is 1. The van der Waals surface area contributed by atoms with Gasteiger partial charge >= 0.3 is 0 Å². The minimum absolute atomic E-state index is 0.0511. The van der Waals surface area contributed by atoms with Crippen LogP contribution in [-0.2, 0) is 4.74 Å². The zero-order valence-electron chi connectivity index (χ0n) is 17.6. The van der Waals surface area contributed by atoms with Crippen molar-refractivity contribution < 1.29 is 14.3 Å². The highest BCUT2D eigenvalue weighted by Gasteiger charge is 2.20. The molecule has 0 radical (unpaired) electrons. The molecule has 0 saturated carbocycles. The molecule has 5 heteroatoms. The van der Waals surface area contributed by atoms with E-state index in [0.717, 1.165) is 62.8 Å². The molecule has 1 saturated heterocycles. The first-order valence-electron chi connectivity index (χ1n) is 10.0. The van der Waals surface area contributed by atoms with Gasteiger partial charge in [-0.05, 0) is 51.8 Å². The Balaban J connectivity index is 2.11. The normalized spacial score (nSPS) is 17.0. The molecule has 1 fully saturated rings. The van der Waals surface area contributed by atoms with Crippen LogP contribution in [-0.4, -0.2) is 67.8 Å². The Morgan fingerprint density at radius 2 is 1.74 bits per heavy atom. The quantitative estimate of drug-likeness (QED) is 0.400. The van der Waals surface area contributed by atoms with Crippen molar-refractivity contribution in [3.63, 3.8) is 0 Å². The number of hydrogen-bond acceptors (Lipinski definition) is 4. The maximum absolute atomic E-state index is 12.8. The number of ether oxygens (including phenoxy) is 1. The summed E-state index contributed by atoms with van der Waals surface area (Å²) in [6.45, 7) is 17.0. The molecule has 150 valence electrons. The van der Waals surface area contributed by atoms with Crippen LogP contribution in [0, 0.1) is 20.8 Å². The van der Waals surface area contributed by atoms with Crippen LogP contribution in [0.5, 0.6) is 0 Å². The summed E-state index contributed by atoms with van der Waals surface area (Å²) in [7, 11) is 0. The van der Waals surface area contributed by atoms with Gasteiger partial charge in [0.15, 0.2) is 0 Å². The van der Waals surface area contributed by atoms with Gasteiger partial charge < -0.3 is 9.84 Å². The van der Waals surface area contributed by atoms with Crippen LogP contribution >= 0.6 is 0 Å². The van der Waals surface area contributed by atoms with E-state index >= 15 is 0 Å². The second kappa shape index (κ2) is 10.0. The van der Waals surface area contributed by atoms with Gasteiger partial charge in [-0.1, -0.05) is 17.7 Å². The third-order valence-electron chi connectivity index (χ3n) is 5.47. The maximum atomic E-state index is 12.8. The zero-order chi connectivity index (χ0) is 19.9. The molecule has 1 aliphatic rings. The Bertz CT molecular complexity index is 649. The Morgan fingerprint density at radius 1 is 1.15 bits per heavy atom. The summed E-state index contributed by atoms with van der Waals surface area (Å²) >= 11 is 0. The molecule has 1 heterocycles. The van der Waals surface area contributed by atoms with Crippen molar-refractivity contribution in [2.45, 2.75) is 34.6 Å². The fourth-order valence-corrected chi connectivity index (χ4v) is 3.69. The lowest BCUT2D eigenvalue weighted by Crippen LogP contribution is -2.49. The third-order valence-corrected chi connectivity index (χ3v) is 5.47. The summed E-state index contributed by atoms with van der Waals surface area (Å²) in [4.78, 5) is 6.84. The molecule has 0 aliphatic carbocycles. The lowest BCUT2D eigenvalue weighted by Gasteiger charge is -2.35. The molecule has 1 aromatic rings. The average molecular weight is 374 g/mol. The monoisotopic (exact) mass is 373 g/mol. The van der Waals surface area contributed by atoms with Gasteiger partial charge in [0, 0.05) is 25.5 Å². The summed E-state index contributed by atoms with van der Waals surface area (Å²) in [5.41, 5.74) is 4.16. The number of hydrogen-bond donors (Lipinski definition) is 0. The summed E-state index contributed by atoms with van der Waals surface area (Å²) < 4.78 is 6.03. The van der Waals surface area contributed by atoms with E-state index in [1.54, 1.807) is 0 Å². The first kappa shape index (κ1) is 21.6. The molecule has 1 aliphatic heterocycles. The molecular weight excluding hydrogens is 338 g/mol. The molecule has 0 unspecified atom stereocenters. The molecule has 0 bridgehead atoms. The average Bonchev–Trinajstić information content (AvgIpc) is 2.64. The van der Waals surface area contributed by atoms with E-state index in [1.165, 1.54) is 5.56 Å². The number of nitrogens with zero attached hydrogens (tertiary/aromatic N) is 3. The predicted molar refractivity (Wildman–Crippen MR) is 110 cm³/mol. The predicted octanol–water partition coefficient (Wildman–Crippen LogP) is 2.70. The second-order valence-corrected chi connectivity index (χ2v) is 7.56. The van der Waals surface area contributed by atoms with Crippen LogP contribution in [0.25, 0.3) is 0 Å². The van der Waals surface area contributed by atoms with Gasteiger partial charge in [-0.2, -0.15) is 0 Å². The second-order valence-electron chi connectivity index (χ2n) is 7.56. The molecule has 27 heavy (non-hydrogen) atoms. The Morgan fingerprint density at radius 3 is 2.30 bits per heavy atom. The van der Waals surface area contributed by atoms with Gasteiger partial charge in [0.05, 0.1) is 38.2 Å². The van der Waals surface area contributed by atoms with Crippen molar-refractivity contribution in [1.82, 2.24) is 4.90 Å². The van der Waals surface area contributed by atoms with Crippen LogP contribution in [0.4, 0.5) is 5.69 Å². The highest BCUT2D eigenvalue weighted by molar-refractivity contribution is 5.77. The number of quaternary nitrogens is 1. The van der Waals surface area contributed by atoms with E-state index in [0.29, 0.717) is 11.0 Å². The first-order chi connectivity index (χ1) is 12.9. The van der Waals surface area contributed by atoms with E-state index in [2.05, 4.69) is 55.1 Å². The summed E-state index contributed by atoms with van der Waals surface area (Å²) in [5, 5.41) is 12.8. The van der Waals surface area contributed by atoms with Crippen molar-refractivity contribution in [2.75, 3.05) is 52.5 Å². The van der Waals surface area contributed by atoms with Gasteiger partial charge in [0.2, 0.25) is 0 Å². The highest BCUT2D eigenvalue weighted by Crippen LogP contribution is 2.25. The Labute approximate surface area is 164 Å². The van der Waals surface area contributed by atoms with Gasteiger partial charge in [0.1, 0.15) is 6.54 Å². The summed E-state index contributed by atoms with van der Waals surface area (Å²) in [5.74, 6) is -0.0511. The molecule has 0 atom stereocenters. The maximum Gasteiger partial charge on any atom is 0.112 e. The van der Waals surface area contributed by atoms with Crippen LogP contribution in [0.1, 0.15) is 30.5 Å². The fourth-order valence-electron chi connectivity index (χ4n) is 3.69. The molecule has 0 spiro atoms. The SMILES string of the molecule is CC[N+](/C=C/CN1CCOCC1)(CC)CC([O-])=Nc1c(C)cc(C)cc1C. The number of rotatable bonds is 8. The minimum Gasteiger partial charge on any atom is -0.858 e. The molecular formula is C22H35N3O2. The molecule has 1 aromatic carbocycles. The summed E-state index contributed by atoms with van der Waals surface area (Å²) in [6.07, 6.45) is 4.39. The van der Waals surface area contributed by atoms with Crippen molar-refractivity contribution in [3.05, 3.63) is 41.1 Å². The van der Waals surface area contributed by atoms with E-state index in [9.17, 15) is 5.11 Å². The first-order valence-corrected chi connectivity index (χ1v) is 10.0. The zero-order valence-corrected chi connectivity index (χ0v) is 17.6. The minimum atomic E-state index is -0.0511. The van der Waals surface area contributed by atoms with Crippen molar-refractivity contribution in [2.24, 2.45) is 4.99 Å². The van der Waals surface area contributed by atoms with Gasteiger partial charge in [-0.3, -0.25) is 14.4 Å². The van der Waals surface area contributed by atoms with Crippen LogP contribution in [0.3, 0.4) is 0 Å². The Kier molecular flexibility index (Phi) is 8.02. The fraction of sp³-hybridized carbons (Fsp3) is 0.591. The number of benzene rings is 1. The Hall–Kier alpha value is -1.69. The molecule has 2 rings (SSSR count). The number of likely N-dealkylation sites (N-methyl/N-ethyl adjacent to an activating group) is 1. The lowest BCUT2D eigenvalue weighted by atomic mass is 10.1. The lowest BCUT2D eigenvalue weighted by molar-refractivity contribution is -0.869. The topological polar surface area (TPSA) is 47.9 Å². The summed E-state index contributed by atoms with van der Waals surface area (Å²) in [6, 6.07) is 4.17. The largest absolute Gasteiger partial charge is 0.858 e. The van der Waals surface area contributed by atoms with Crippen molar-refractivity contribution in [3.8, 4) is 0 Å². The number of aliphatic imine (C=N–C) groups is 1. The highest BCUT2D eigenvalue weighted by atomic mass is 16.5. The van der Waals surface area contributed by atoms with Crippen LogP contribution in [0.15, 0.2) is 29.4 Å². The van der Waals surface area contributed by atoms with Gasteiger partial charge in [-0.15, -0.1) is 0 Å². The standard InChI is InChI=1S/C22H35N3O2/c1-6-25(7-2,12-8-9-24-10-13-27-14-11-24)17-21(26)23-22-19(4)15-18(3)16-20(22)5/h8,12,15-16H,6-7,9-11,13-14,17H2,1-5H3/b12-8+. The smallest absolute Gasteiger partial charge is 0.112 e. The van der Waals surface area contributed by atoms with Crippen LogP contribution in [0.2, 0.25) is 0 Å². The van der Waals surface area contributed by atoms with E-state index in [-0.39, 0.29) is 5.90 Å². The van der Waals surface area contributed by atoms with E-state index < -0.39 is 0 Å². The van der Waals surface area contributed by atoms with Gasteiger partial charge in [0.25, 0.3) is 0 Å². The molecule has 5 nitrogen and oxygen atoms in total. The van der Waals surface area contributed by atoms with Crippen LogP contribution < -0.4 is 5.11 Å². The molecule has 0 N–H and O–H groups in total. The van der Waals surface area contributed by atoms with Crippen molar-refractivity contribution >= 4 is 11.6 Å². The molecule has 0 aromatic heterocycles. The molecule has 0 amide bonds. The van der Waals surface area contributed by atoms with E-state index in [1.807, 2.05) is 13.8 Å². The third kappa shape index (κ3) is 6.16. The number of aryl methyl sites for hydroxylation is 3.